The van der Waals surface area contributed by atoms with E-state index in [-0.39, 0.29) is 35.2 Å². The largest absolute Gasteiger partial charge is 0.496 e. The van der Waals surface area contributed by atoms with Gasteiger partial charge in [0.25, 0.3) is 0 Å². The molecule has 2 aromatic rings. The fraction of sp³-hybridized carbons (Fsp3) is 0.458. The summed E-state index contributed by atoms with van der Waals surface area (Å²) < 4.78 is 59.8. The third kappa shape index (κ3) is 5.53. The summed E-state index contributed by atoms with van der Waals surface area (Å²) in [6.45, 7) is 2.13. The van der Waals surface area contributed by atoms with E-state index in [9.17, 15) is 21.6 Å². The molecule has 0 spiro atoms. The van der Waals surface area contributed by atoms with E-state index in [1.54, 1.807) is 53.4 Å². The third-order valence-corrected chi connectivity index (χ3v) is 10.3. The third-order valence-electron chi connectivity index (χ3n) is 6.54. The van der Waals surface area contributed by atoms with Crippen LogP contribution in [0.5, 0.6) is 5.75 Å². The van der Waals surface area contributed by atoms with Gasteiger partial charge in [0.1, 0.15) is 5.75 Å². The van der Waals surface area contributed by atoms with Crippen molar-refractivity contribution in [2.24, 2.45) is 0 Å². The van der Waals surface area contributed by atoms with Crippen LogP contribution in [-0.2, 0) is 31.3 Å². The van der Waals surface area contributed by atoms with Crippen LogP contribution in [0.2, 0.25) is 0 Å². The molecule has 9 nitrogen and oxygen atoms in total. The van der Waals surface area contributed by atoms with Crippen LogP contribution >= 0.6 is 0 Å². The summed E-state index contributed by atoms with van der Waals surface area (Å²) in [4.78, 5) is 15.0. The summed E-state index contributed by atoms with van der Waals surface area (Å²) in [6, 6.07) is 13.1. The van der Waals surface area contributed by atoms with Gasteiger partial charge in [-0.25, -0.2) is 16.8 Å². The molecule has 190 valence electrons. The van der Waals surface area contributed by atoms with Crippen LogP contribution in [0.15, 0.2) is 58.3 Å². The fourth-order valence-electron chi connectivity index (χ4n) is 4.51. The topological polar surface area (TPSA) is 104 Å². The van der Waals surface area contributed by atoms with Crippen LogP contribution in [0.1, 0.15) is 24.8 Å². The highest BCUT2D eigenvalue weighted by Gasteiger charge is 2.30. The molecule has 2 aliphatic heterocycles. The van der Waals surface area contributed by atoms with Crippen molar-refractivity contribution in [3.63, 3.8) is 0 Å². The highest BCUT2D eigenvalue weighted by atomic mass is 32.2. The zero-order chi connectivity index (χ0) is 25.1. The predicted molar refractivity (Wildman–Crippen MR) is 131 cm³/mol. The maximum atomic E-state index is 12.9. The highest BCUT2D eigenvalue weighted by molar-refractivity contribution is 7.89. The molecule has 1 amide bonds. The predicted octanol–water partition coefficient (Wildman–Crippen LogP) is 1.95. The SMILES string of the molecule is COc1ccc(S(=O)(=O)N2CCCC2)cc1CCC(=O)N1CCN(S(=O)(=O)c2ccccc2)CC1. The molecule has 0 N–H and O–H groups in total. The number of sulfonamides is 2. The van der Waals surface area contributed by atoms with Gasteiger partial charge in [0.15, 0.2) is 0 Å². The molecule has 0 atom stereocenters. The minimum Gasteiger partial charge on any atom is -0.496 e. The molecule has 2 aromatic carbocycles. The molecule has 2 aliphatic rings. The average Bonchev–Trinajstić information content (AvgIpc) is 3.44. The first kappa shape index (κ1) is 25.6. The second-order valence-corrected chi connectivity index (χ2v) is 12.6. The van der Waals surface area contributed by atoms with E-state index in [0.29, 0.717) is 43.9 Å². The van der Waals surface area contributed by atoms with Gasteiger partial charge in [0, 0.05) is 45.7 Å². The number of aryl methyl sites for hydroxylation is 1. The first-order valence-corrected chi connectivity index (χ1v) is 14.6. The summed E-state index contributed by atoms with van der Waals surface area (Å²) in [5.41, 5.74) is 0.659. The molecule has 35 heavy (non-hydrogen) atoms. The molecular weight excluding hydrogens is 490 g/mol. The van der Waals surface area contributed by atoms with E-state index in [1.165, 1.54) is 15.7 Å². The normalized spacial score (nSPS) is 18.0. The zero-order valence-corrected chi connectivity index (χ0v) is 21.4. The molecule has 0 aliphatic carbocycles. The average molecular weight is 522 g/mol. The molecule has 2 fully saturated rings. The van der Waals surface area contributed by atoms with Crippen LogP contribution in [-0.4, -0.2) is 82.6 Å². The summed E-state index contributed by atoms with van der Waals surface area (Å²) >= 11 is 0. The standard InChI is InChI=1S/C24H31N3O6S2/c1-33-23-11-10-22(35(31,32)26-13-5-6-14-26)19-20(23)9-12-24(28)25-15-17-27(18-16-25)34(29,30)21-7-3-2-4-8-21/h2-4,7-8,10-11,19H,5-6,9,12-18H2,1H3. The van der Waals surface area contributed by atoms with Gasteiger partial charge < -0.3 is 9.64 Å². The number of hydrogen-bond acceptors (Lipinski definition) is 6. The van der Waals surface area contributed by atoms with Gasteiger partial charge in [0.2, 0.25) is 26.0 Å². The highest BCUT2D eigenvalue weighted by Crippen LogP contribution is 2.27. The smallest absolute Gasteiger partial charge is 0.243 e. The number of amides is 1. The van der Waals surface area contributed by atoms with Crippen LogP contribution in [0.4, 0.5) is 0 Å². The minimum atomic E-state index is -3.58. The lowest BCUT2D eigenvalue weighted by atomic mass is 10.1. The molecule has 0 radical (unpaired) electrons. The molecule has 0 bridgehead atoms. The first-order valence-electron chi connectivity index (χ1n) is 11.7. The summed E-state index contributed by atoms with van der Waals surface area (Å²) in [6.07, 6.45) is 2.22. The second kappa shape index (κ2) is 10.7. The number of rotatable bonds is 8. The van der Waals surface area contributed by atoms with E-state index >= 15 is 0 Å². The number of nitrogens with zero attached hydrogens (tertiary/aromatic N) is 3. The Bertz CT molecular complexity index is 1250. The van der Waals surface area contributed by atoms with Crippen molar-refractivity contribution in [3.8, 4) is 5.75 Å². The van der Waals surface area contributed by atoms with Crippen molar-refractivity contribution in [3.05, 3.63) is 54.1 Å². The maximum Gasteiger partial charge on any atom is 0.243 e. The molecule has 2 saturated heterocycles. The Hall–Kier alpha value is -2.47. The van der Waals surface area contributed by atoms with Crippen molar-refractivity contribution in [1.29, 1.82) is 0 Å². The molecule has 2 heterocycles. The molecular formula is C24H31N3O6S2. The van der Waals surface area contributed by atoms with Gasteiger partial charge in [-0.3, -0.25) is 4.79 Å². The van der Waals surface area contributed by atoms with Crippen molar-refractivity contribution < 1.29 is 26.4 Å². The monoisotopic (exact) mass is 521 g/mol. The van der Waals surface area contributed by atoms with E-state index in [0.717, 1.165) is 12.8 Å². The number of methoxy groups -OCH3 is 1. The number of ether oxygens (including phenoxy) is 1. The van der Waals surface area contributed by atoms with Gasteiger partial charge in [-0.1, -0.05) is 18.2 Å². The van der Waals surface area contributed by atoms with Crippen molar-refractivity contribution >= 4 is 26.0 Å². The van der Waals surface area contributed by atoms with Crippen LogP contribution < -0.4 is 4.74 Å². The Balaban J connectivity index is 1.38. The molecule has 0 unspecified atom stereocenters. The number of benzene rings is 2. The Kier molecular flexibility index (Phi) is 7.80. The van der Waals surface area contributed by atoms with Gasteiger partial charge >= 0.3 is 0 Å². The van der Waals surface area contributed by atoms with Gasteiger partial charge in [0.05, 0.1) is 16.9 Å². The Labute approximate surface area is 207 Å². The van der Waals surface area contributed by atoms with E-state index < -0.39 is 20.0 Å². The maximum absolute atomic E-state index is 12.9. The minimum absolute atomic E-state index is 0.100. The Morgan fingerprint density at radius 3 is 2.03 bits per heavy atom. The summed E-state index contributed by atoms with van der Waals surface area (Å²) in [5, 5.41) is 0. The lowest BCUT2D eigenvalue weighted by molar-refractivity contribution is -0.132. The van der Waals surface area contributed by atoms with Gasteiger partial charge in [-0.15, -0.1) is 0 Å². The van der Waals surface area contributed by atoms with Gasteiger partial charge in [-0.2, -0.15) is 8.61 Å². The van der Waals surface area contributed by atoms with E-state index in [4.69, 9.17) is 4.74 Å². The van der Waals surface area contributed by atoms with E-state index in [2.05, 4.69) is 0 Å². The second-order valence-electron chi connectivity index (χ2n) is 8.68. The Morgan fingerprint density at radius 2 is 1.40 bits per heavy atom. The Morgan fingerprint density at radius 1 is 0.800 bits per heavy atom. The lowest BCUT2D eigenvalue weighted by Crippen LogP contribution is -2.50. The van der Waals surface area contributed by atoms with Crippen LogP contribution in [0.25, 0.3) is 0 Å². The van der Waals surface area contributed by atoms with Crippen molar-refractivity contribution in [2.75, 3.05) is 46.4 Å². The summed E-state index contributed by atoms with van der Waals surface area (Å²) in [5.74, 6) is 0.438. The number of carbonyl (C=O) groups excluding carboxylic acids is 1. The number of hydrogen-bond donors (Lipinski definition) is 0. The quantitative estimate of drug-likeness (QED) is 0.526. The summed E-state index contributed by atoms with van der Waals surface area (Å²) in [7, 11) is -5.64. The van der Waals surface area contributed by atoms with Gasteiger partial charge in [-0.05, 0) is 55.2 Å². The molecule has 0 saturated carbocycles. The van der Waals surface area contributed by atoms with Crippen molar-refractivity contribution in [1.82, 2.24) is 13.5 Å². The first-order chi connectivity index (χ1) is 16.7. The van der Waals surface area contributed by atoms with E-state index in [1.807, 2.05) is 0 Å². The number of piperazine rings is 1. The van der Waals surface area contributed by atoms with Crippen LogP contribution in [0, 0.1) is 0 Å². The number of carbonyl (C=O) groups is 1. The zero-order valence-electron chi connectivity index (χ0n) is 19.8. The molecule has 11 heteroatoms. The van der Waals surface area contributed by atoms with Crippen LogP contribution in [0.3, 0.4) is 0 Å². The fourth-order valence-corrected chi connectivity index (χ4v) is 7.52. The molecule has 4 rings (SSSR count). The lowest BCUT2D eigenvalue weighted by Gasteiger charge is -2.34. The van der Waals surface area contributed by atoms with Crippen molar-refractivity contribution in [2.45, 2.75) is 35.5 Å². The molecule has 0 aromatic heterocycles.